The van der Waals surface area contributed by atoms with E-state index in [1.54, 1.807) is 36.4 Å². The summed E-state index contributed by atoms with van der Waals surface area (Å²) in [6, 6.07) is 21.9. The molecule has 8 heteroatoms. The summed E-state index contributed by atoms with van der Waals surface area (Å²) >= 11 is 6.72. The van der Waals surface area contributed by atoms with E-state index in [1.807, 2.05) is 49.4 Å². The third-order valence-electron chi connectivity index (χ3n) is 4.99. The SMILES string of the molecule is Cc1ccc(NC(=O)CN2C(=O)S/C(=C/c3cccc(OCc4ccc(Cl)cc4)c3)C2=O)cc1. The molecule has 3 aromatic carbocycles. The Balaban J connectivity index is 1.39. The number of hydrogen-bond acceptors (Lipinski definition) is 5. The number of carbonyl (C=O) groups excluding carboxylic acids is 3. The van der Waals surface area contributed by atoms with Crippen molar-refractivity contribution in [3.63, 3.8) is 0 Å². The first-order chi connectivity index (χ1) is 16.4. The molecule has 0 aromatic heterocycles. The van der Waals surface area contributed by atoms with Gasteiger partial charge in [0.2, 0.25) is 5.91 Å². The summed E-state index contributed by atoms with van der Waals surface area (Å²) in [6.45, 7) is 1.97. The van der Waals surface area contributed by atoms with Crippen LogP contribution in [0.3, 0.4) is 0 Å². The highest BCUT2D eigenvalue weighted by Gasteiger charge is 2.36. The van der Waals surface area contributed by atoms with Crippen LogP contribution in [0.2, 0.25) is 5.02 Å². The third-order valence-corrected chi connectivity index (χ3v) is 6.14. The Bertz CT molecular complexity index is 1260. The number of nitrogens with one attached hydrogen (secondary N) is 1. The first-order valence-corrected chi connectivity index (χ1v) is 11.7. The molecule has 3 aromatic rings. The van der Waals surface area contributed by atoms with Crippen molar-refractivity contribution < 1.29 is 19.1 Å². The molecule has 0 bridgehead atoms. The van der Waals surface area contributed by atoms with Crippen molar-refractivity contribution in [3.05, 3.63) is 99.4 Å². The van der Waals surface area contributed by atoms with Gasteiger partial charge in [-0.15, -0.1) is 0 Å². The van der Waals surface area contributed by atoms with Gasteiger partial charge in [-0.3, -0.25) is 19.3 Å². The predicted octanol–water partition coefficient (Wildman–Crippen LogP) is 5.90. The lowest BCUT2D eigenvalue weighted by Gasteiger charge is -2.12. The maximum atomic E-state index is 12.8. The summed E-state index contributed by atoms with van der Waals surface area (Å²) in [5.74, 6) is -0.313. The van der Waals surface area contributed by atoms with E-state index >= 15 is 0 Å². The maximum absolute atomic E-state index is 12.8. The lowest BCUT2D eigenvalue weighted by molar-refractivity contribution is -0.127. The Morgan fingerprint density at radius 2 is 1.79 bits per heavy atom. The van der Waals surface area contributed by atoms with E-state index in [0.717, 1.165) is 27.8 Å². The van der Waals surface area contributed by atoms with Gasteiger partial charge in [0.05, 0.1) is 4.91 Å². The number of rotatable bonds is 7. The molecular weight excluding hydrogens is 472 g/mol. The standard InChI is InChI=1S/C26H21ClN2O4S/c1-17-5-11-21(12-6-17)28-24(30)15-29-25(31)23(34-26(29)32)14-19-3-2-4-22(13-19)33-16-18-7-9-20(27)10-8-18/h2-14H,15-16H2,1H3,(H,28,30)/b23-14+. The van der Waals surface area contributed by atoms with Gasteiger partial charge in [0.15, 0.2) is 0 Å². The summed E-state index contributed by atoms with van der Waals surface area (Å²) in [5, 5.41) is 2.88. The number of benzene rings is 3. The van der Waals surface area contributed by atoms with E-state index in [4.69, 9.17) is 16.3 Å². The number of carbonyl (C=O) groups is 3. The molecule has 0 atom stereocenters. The van der Waals surface area contributed by atoms with Gasteiger partial charge in [-0.1, -0.05) is 53.6 Å². The highest BCUT2D eigenvalue weighted by Crippen LogP contribution is 2.32. The van der Waals surface area contributed by atoms with Gasteiger partial charge in [0.25, 0.3) is 11.1 Å². The Kier molecular flexibility index (Phi) is 7.35. The molecule has 0 spiro atoms. The second-order valence-electron chi connectivity index (χ2n) is 7.67. The molecule has 0 saturated carbocycles. The molecular formula is C26H21ClN2O4S. The van der Waals surface area contributed by atoms with Gasteiger partial charge in [0.1, 0.15) is 18.9 Å². The van der Waals surface area contributed by atoms with Crippen molar-refractivity contribution >= 4 is 52.2 Å². The van der Waals surface area contributed by atoms with Gasteiger partial charge in [-0.2, -0.15) is 0 Å². The van der Waals surface area contributed by atoms with E-state index in [9.17, 15) is 14.4 Å². The number of hydrogen-bond donors (Lipinski definition) is 1. The van der Waals surface area contributed by atoms with Crippen LogP contribution in [0.4, 0.5) is 10.5 Å². The topological polar surface area (TPSA) is 75.7 Å². The second kappa shape index (κ2) is 10.6. The number of ether oxygens (including phenoxy) is 1. The van der Waals surface area contributed by atoms with E-state index in [2.05, 4.69) is 5.32 Å². The largest absolute Gasteiger partial charge is 0.489 e. The molecule has 0 unspecified atom stereocenters. The third kappa shape index (κ3) is 6.07. The van der Waals surface area contributed by atoms with Crippen molar-refractivity contribution in [2.75, 3.05) is 11.9 Å². The fourth-order valence-corrected chi connectivity index (χ4v) is 4.17. The van der Waals surface area contributed by atoms with Crippen LogP contribution in [0.1, 0.15) is 16.7 Å². The van der Waals surface area contributed by atoms with Crippen molar-refractivity contribution in [1.82, 2.24) is 4.90 Å². The number of thioether (sulfide) groups is 1. The lowest BCUT2D eigenvalue weighted by Crippen LogP contribution is -2.36. The fourth-order valence-electron chi connectivity index (χ4n) is 3.21. The van der Waals surface area contributed by atoms with Crippen LogP contribution in [-0.2, 0) is 16.2 Å². The summed E-state index contributed by atoms with van der Waals surface area (Å²) in [7, 11) is 0. The van der Waals surface area contributed by atoms with E-state index in [1.165, 1.54) is 0 Å². The van der Waals surface area contributed by atoms with Gasteiger partial charge in [0, 0.05) is 10.7 Å². The zero-order chi connectivity index (χ0) is 24.1. The minimum Gasteiger partial charge on any atom is -0.489 e. The van der Waals surface area contributed by atoms with Crippen LogP contribution in [0.25, 0.3) is 6.08 Å². The Morgan fingerprint density at radius 3 is 2.53 bits per heavy atom. The molecule has 1 saturated heterocycles. The molecule has 1 N–H and O–H groups in total. The molecule has 34 heavy (non-hydrogen) atoms. The van der Waals surface area contributed by atoms with E-state index in [-0.39, 0.29) is 11.4 Å². The first-order valence-electron chi connectivity index (χ1n) is 10.5. The molecule has 0 aliphatic carbocycles. The zero-order valence-corrected chi connectivity index (χ0v) is 19.9. The molecule has 6 nitrogen and oxygen atoms in total. The number of halogens is 1. The van der Waals surface area contributed by atoms with Crippen molar-refractivity contribution in [2.24, 2.45) is 0 Å². The highest BCUT2D eigenvalue weighted by molar-refractivity contribution is 8.18. The second-order valence-corrected chi connectivity index (χ2v) is 9.10. The van der Waals surface area contributed by atoms with Gasteiger partial charge in [-0.25, -0.2) is 0 Å². The monoisotopic (exact) mass is 492 g/mol. The minimum absolute atomic E-state index is 0.253. The molecule has 3 amide bonds. The Hall–Kier alpha value is -3.55. The van der Waals surface area contributed by atoms with Crippen LogP contribution < -0.4 is 10.1 Å². The van der Waals surface area contributed by atoms with Crippen LogP contribution in [0, 0.1) is 6.92 Å². The van der Waals surface area contributed by atoms with E-state index < -0.39 is 17.1 Å². The van der Waals surface area contributed by atoms with Crippen molar-refractivity contribution in [2.45, 2.75) is 13.5 Å². The Labute approximate surface area is 206 Å². The number of imide groups is 1. The maximum Gasteiger partial charge on any atom is 0.294 e. The van der Waals surface area contributed by atoms with Crippen molar-refractivity contribution in [1.29, 1.82) is 0 Å². The minimum atomic E-state index is -0.499. The quantitative estimate of drug-likeness (QED) is 0.415. The van der Waals surface area contributed by atoms with Gasteiger partial charge >= 0.3 is 0 Å². The zero-order valence-electron chi connectivity index (χ0n) is 18.3. The van der Waals surface area contributed by atoms with Crippen LogP contribution in [0.5, 0.6) is 5.75 Å². The number of aryl methyl sites for hydroxylation is 1. The number of nitrogens with zero attached hydrogens (tertiary/aromatic N) is 1. The molecule has 172 valence electrons. The number of anilines is 1. The average Bonchev–Trinajstić information content (AvgIpc) is 3.08. The van der Waals surface area contributed by atoms with Gasteiger partial charge < -0.3 is 10.1 Å². The first kappa shape index (κ1) is 23.6. The van der Waals surface area contributed by atoms with Crippen LogP contribution in [-0.4, -0.2) is 28.5 Å². The molecule has 0 radical (unpaired) electrons. The summed E-state index contributed by atoms with van der Waals surface area (Å²) < 4.78 is 5.83. The average molecular weight is 493 g/mol. The predicted molar refractivity (Wildman–Crippen MR) is 135 cm³/mol. The van der Waals surface area contributed by atoms with Crippen molar-refractivity contribution in [3.8, 4) is 5.75 Å². The van der Waals surface area contributed by atoms with Gasteiger partial charge in [-0.05, 0) is 72.3 Å². The normalized spacial score (nSPS) is 14.5. The molecule has 1 fully saturated rings. The van der Waals surface area contributed by atoms with E-state index in [0.29, 0.717) is 28.6 Å². The molecule has 1 heterocycles. The Morgan fingerprint density at radius 1 is 1.06 bits per heavy atom. The summed E-state index contributed by atoms with van der Waals surface area (Å²) in [4.78, 5) is 38.7. The fraction of sp³-hybridized carbons (Fsp3) is 0.115. The number of amides is 3. The summed E-state index contributed by atoms with van der Waals surface area (Å²) in [6.07, 6.45) is 1.62. The highest BCUT2D eigenvalue weighted by atomic mass is 35.5. The van der Waals surface area contributed by atoms with Crippen LogP contribution >= 0.6 is 23.4 Å². The lowest BCUT2D eigenvalue weighted by atomic mass is 10.2. The summed E-state index contributed by atoms with van der Waals surface area (Å²) in [5.41, 5.74) is 3.35. The molecule has 4 rings (SSSR count). The smallest absolute Gasteiger partial charge is 0.294 e. The molecule has 1 aliphatic heterocycles. The molecule has 1 aliphatic rings. The van der Waals surface area contributed by atoms with Crippen LogP contribution in [0.15, 0.2) is 77.7 Å².